The summed E-state index contributed by atoms with van der Waals surface area (Å²) in [6.07, 6.45) is 1.54. The van der Waals surface area contributed by atoms with Gasteiger partial charge in [0.2, 0.25) is 15.8 Å². The standard InChI is InChI=1S/C11H15N5O3S/c1-7(2)6-20(18,19)15-10(17)9-13-11-12-5-4-8(3)16(11)14-9/h4-5,7H,6H2,1-3H3,(H,15,17). The fraction of sp³-hybridized carbons (Fsp3) is 0.455. The number of rotatable bonds is 4. The molecule has 0 atom stereocenters. The molecule has 0 saturated carbocycles. The summed E-state index contributed by atoms with van der Waals surface area (Å²) in [7, 11) is -3.68. The molecular formula is C11H15N5O3S. The molecule has 0 spiro atoms. The normalized spacial score (nSPS) is 12.0. The van der Waals surface area contributed by atoms with Gasteiger partial charge in [0.1, 0.15) is 0 Å². The van der Waals surface area contributed by atoms with E-state index in [0.29, 0.717) is 0 Å². The van der Waals surface area contributed by atoms with Gasteiger partial charge in [-0.2, -0.15) is 4.98 Å². The fourth-order valence-electron chi connectivity index (χ4n) is 1.67. The highest BCUT2D eigenvalue weighted by molar-refractivity contribution is 7.90. The van der Waals surface area contributed by atoms with Crippen LogP contribution in [0.2, 0.25) is 0 Å². The van der Waals surface area contributed by atoms with Crippen molar-refractivity contribution in [3.8, 4) is 0 Å². The van der Waals surface area contributed by atoms with Gasteiger partial charge in [-0.15, -0.1) is 5.10 Å². The van der Waals surface area contributed by atoms with E-state index in [1.54, 1.807) is 26.8 Å². The highest BCUT2D eigenvalue weighted by atomic mass is 32.2. The van der Waals surface area contributed by atoms with E-state index in [9.17, 15) is 13.2 Å². The summed E-state index contributed by atoms with van der Waals surface area (Å²) in [4.78, 5) is 19.7. The third kappa shape index (κ3) is 3.10. The van der Waals surface area contributed by atoms with E-state index in [-0.39, 0.29) is 23.3 Å². The third-order valence-corrected chi connectivity index (χ3v) is 4.04. The van der Waals surface area contributed by atoms with Crippen LogP contribution in [0.25, 0.3) is 5.78 Å². The van der Waals surface area contributed by atoms with Crippen LogP contribution in [0.5, 0.6) is 0 Å². The van der Waals surface area contributed by atoms with Crippen molar-refractivity contribution in [3.63, 3.8) is 0 Å². The van der Waals surface area contributed by atoms with E-state index in [1.807, 2.05) is 4.72 Å². The monoisotopic (exact) mass is 297 g/mol. The van der Waals surface area contributed by atoms with Gasteiger partial charge in [-0.3, -0.25) is 4.79 Å². The lowest BCUT2D eigenvalue weighted by Gasteiger charge is -2.06. The SMILES string of the molecule is Cc1ccnc2nc(C(=O)NS(=O)(=O)CC(C)C)nn12. The molecule has 2 aromatic rings. The predicted molar refractivity (Wildman–Crippen MR) is 71.6 cm³/mol. The smallest absolute Gasteiger partial charge is 0.264 e. The number of hydrogen-bond acceptors (Lipinski definition) is 6. The predicted octanol–water partition coefficient (Wildman–Crippen LogP) is 0.148. The van der Waals surface area contributed by atoms with E-state index >= 15 is 0 Å². The summed E-state index contributed by atoms with van der Waals surface area (Å²) < 4.78 is 26.7. The first-order valence-corrected chi connectivity index (χ1v) is 7.67. The Kier molecular flexibility index (Phi) is 3.71. The quantitative estimate of drug-likeness (QED) is 0.861. The first-order chi connectivity index (χ1) is 9.28. The minimum atomic E-state index is -3.68. The number of sulfonamides is 1. The lowest BCUT2D eigenvalue weighted by atomic mass is 10.3. The second kappa shape index (κ2) is 5.16. The van der Waals surface area contributed by atoms with Gasteiger partial charge in [-0.1, -0.05) is 13.8 Å². The van der Waals surface area contributed by atoms with Gasteiger partial charge in [0.15, 0.2) is 0 Å². The van der Waals surface area contributed by atoms with Crippen molar-refractivity contribution in [1.29, 1.82) is 0 Å². The number of nitrogens with zero attached hydrogens (tertiary/aromatic N) is 4. The van der Waals surface area contributed by atoms with Crippen LogP contribution in [0.15, 0.2) is 12.3 Å². The van der Waals surface area contributed by atoms with Crippen molar-refractivity contribution < 1.29 is 13.2 Å². The Morgan fingerprint density at radius 1 is 1.45 bits per heavy atom. The van der Waals surface area contributed by atoms with Gasteiger partial charge in [0, 0.05) is 11.9 Å². The molecule has 8 nitrogen and oxygen atoms in total. The molecule has 20 heavy (non-hydrogen) atoms. The summed E-state index contributed by atoms with van der Waals surface area (Å²) in [5, 5.41) is 3.94. The summed E-state index contributed by atoms with van der Waals surface area (Å²) in [6.45, 7) is 5.28. The first kappa shape index (κ1) is 14.4. The maximum absolute atomic E-state index is 11.9. The fourth-order valence-corrected chi connectivity index (χ4v) is 3.00. The maximum Gasteiger partial charge on any atom is 0.304 e. The summed E-state index contributed by atoms with van der Waals surface area (Å²) in [6, 6.07) is 1.71. The van der Waals surface area contributed by atoms with Crippen LogP contribution in [-0.2, 0) is 10.0 Å². The summed E-state index contributed by atoms with van der Waals surface area (Å²) in [5.41, 5.74) is 0.742. The number of aryl methyl sites for hydroxylation is 1. The second-order valence-electron chi connectivity index (χ2n) is 4.84. The Hall–Kier alpha value is -2.03. The molecule has 0 aliphatic heterocycles. The minimum Gasteiger partial charge on any atom is -0.264 e. The molecule has 2 rings (SSSR count). The number of nitrogens with one attached hydrogen (secondary N) is 1. The summed E-state index contributed by atoms with van der Waals surface area (Å²) in [5.74, 6) is -1.05. The Bertz CT molecular complexity index is 751. The maximum atomic E-state index is 11.9. The zero-order chi connectivity index (χ0) is 14.9. The Balaban J connectivity index is 2.26. The number of aromatic nitrogens is 4. The largest absolute Gasteiger partial charge is 0.304 e. The van der Waals surface area contributed by atoms with E-state index < -0.39 is 15.9 Å². The molecule has 0 fully saturated rings. The van der Waals surface area contributed by atoms with E-state index in [4.69, 9.17) is 0 Å². The zero-order valence-electron chi connectivity index (χ0n) is 11.4. The molecule has 0 aromatic carbocycles. The van der Waals surface area contributed by atoms with Gasteiger partial charge >= 0.3 is 5.91 Å². The summed E-state index contributed by atoms with van der Waals surface area (Å²) >= 11 is 0. The van der Waals surface area contributed by atoms with Crippen LogP contribution in [-0.4, -0.2) is 39.7 Å². The van der Waals surface area contributed by atoms with E-state index in [2.05, 4.69) is 15.1 Å². The Morgan fingerprint density at radius 2 is 2.15 bits per heavy atom. The topological polar surface area (TPSA) is 106 Å². The second-order valence-corrected chi connectivity index (χ2v) is 6.61. The third-order valence-electron chi connectivity index (χ3n) is 2.43. The van der Waals surface area contributed by atoms with E-state index in [1.165, 1.54) is 10.7 Å². The minimum absolute atomic E-state index is 0.0850. The van der Waals surface area contributed by atoms with Crippen LogP contribution in [0.1, 0.15) is 30.2 Å². The van der Waals surface area contributed by atoms with Crippen LogP contribution in [0, 0.1) is 12.8 Å². The van der Waals surface area contributed by atoms with Crippen molar-refractivity contribution in [2.45, 2.75) is 20.8 Å². The van der Waals surface area contributed by atoms with Crippen LogP contribution >= 0.6 is 0 Å². The van der Waals surface area contributed by atoms with Gasteiger partial charge in [0.05, 0.1) is 5.75 Å². The lowest BCUT2D eigenvalue weighted by molar-refractivity contribution is 0.0971. The molecule has 0 unspecified atom stereocenters. The molecule has 1 amide bonds. The van der Waals surface area contributed by atoms with Crippen molar-refractivity contribution in [2.75, 3.05) is 5.75 Å². The van der Waals surface area contributed by atoms with Crippen molar-refractivity contribution in [3.05, 3.63) is 23.8 Å². The first-order valence-electron chi connectivity index (χ1n) is 6.02. The Labute approximate surface area is 116 Å². The molecule has 0 aliphatic rings. The van der Waals surface area contributed by atoms with E-state index in [0.717, 1.165) is 5.69 Å². The van der Waals surface area contributed by atoms with Gasteiger partial charge < -0.3 is 0 Å². The zero-order valence-corrected chi connectivity index (χ0v) is 12.2. The Morgan fingerprint density at radius 3 is 2.75 bits per heavy atom. The number of carbonyl (C=O) groups is 1. The number of hydrogen-bond donors (Lipinski definition) is 1. The average molecular weight is 297 g/mol. The molecule has 0 saturated heterocycles. The van der Waals surface area contributed by atoms with Gasteiger partial charge in [0.25, 0.3) is 5.78 Å². The molecule has 0 radical (unpaired) electrons. The van der Waals surface area contributed by atoms with Crippen molar-refractivity contribution in [1.82, 2.24) is 24.3 Å². The average Bonchev–Trinajstić information content (AvgIpc) is 2.71. The molecule has 0 bridgehead atoms. The van der Waals surface area contributed by atoms with Crippen LogP contribution in [0.3, 0.4) is 0 Å². The lowest BCUT2D eigenvalue weighted by Crippen LogP contribution is -2.34. The molecular weight excluding hydrogens is 282 g/mol. The highest BCUT2D eigenvalue weighted by Crippen LogP contribution is 2.03. The molecule has 0 aliphatic carbocycles. The van der Waals surface area contributed by atoms with Crippen molar-refractivity contribution in [2.24, 2.45) is 5.92 Å². The van der Waals surface area contributed by atoms with Crippen molar-refractivity contribution >= 4 is 21.7 Å². The highest BCUT2D eigenvalue weighted by Gasteiger charge is 2.21. The van der Waals surface area contributed by atoms with Gasteiger partial charge in [-0.25, -0.2) is 22.6 Å². The molecule has 2 aromatic heterocycles. The number of carbonyl (C=O) groups excluding carboxylic acids is 1. The molecule has 108 valence electrons. The molecule has 2 heterocycles. The molecule has 9 heteroatoms. The molecule has 1 N–H and O–H groups in total. The number of fused-ring (bicyclic) bond motifs is 1. The van der Waals surface area contributed by atoms with Crippen LogP contribution < -0.4 is 4.72 Å². The number of amides is 1. The van der Waals surface area contributed by atoms with Gasteiger partial charge in [-0.05, 0) is 18.9 Å². The van der Waals surface area contributed by atoms with Crippen LogP contribution in [0.4, 0.5) is 0 Å².